The lowest BCUT2D eigenvalue weighted by molar-refractivity contribution is 0.678. The maximum atomic E-state index is 5.92. The van der Waals surface area contributed by atoms with Gasteiger partial charge in [0.05, 0.1) is 11.9 Å². The minimum atomic E-state index is 0.0523. The molecule has 1 unspecified atom stereocenters. The number of nitrogens with one attached hydrogen (secondary N) is 1. The zero-order chi connectivity index (χ0) is 12.4. The molecule has 92 valence electrons. The Hall–Kier alpha value is -0.490. The van der Waals surface area contributed by atoms with Crippen LogP contribution < -0.4 is 5.32 Å². The van der Waals surface area contributed by atoms with Crippen molar-refractivity contribution in [2.75, 3.05) is 7.05 Å². The van der Waals surface area contributed by atoms with Crippen LogP contribution in [0.15, 0.2) is 6.20 Å². The van der Waals surface area contributed by atoms with Crippen molar-refractivity contribution in [1.82, 2.24) is 15.3 Å². The van der Waals surface area contributed by atoms with Gasteiger partial charge in [0, 0.05) is 4.88 Å². The Bertz CT molecular complexity index is 507. The van der Waals surface area contributed by atoms with Gasteiger partial charge in [-0.1, -0.05) is 18.5 Å². The van der Waals surface area contributed by atoms with E-state index in [-0.39, 0.29) is 6.04 Å². The fraction of sp³-hybridized carbons (Fsp3) is 0.455. The summed E-state index contributed by atoms with van der Waals surface area (Å²) in [5, 5.41) is 5.28. The van der Waals surface area contributed by atoms with Crippen LogP contribution in [0.4, 0.5) is 0 Å². The minimum Gasteiger partial charge on any atom is -0.305 e. The molecule has 2 rings (SSSR count). The molecule has 1 N–H and O–H groups in total. The number of thiazole rings is 2. The van der Waals surface area contributed by atoms with Gasteiger partial charge in [-0.25, -0.2) is 9.97 Å². The van der Waals surface area contributed by atoms with E-state index >= 15 is 0 Å². The maximum absolute atomic E-state index is 5.92. The molecule has 2 heterocycles. The van der Waals surface area contributed by atoms with Crippen molar-refractivity contribution in [2.24, 2.45) is 0 Å². The number of hydrogen-bond donors (Lipinski definition) is 1. The van der Waals surface area contributed by atoms with E-state index in [1.807, 2.05) is 7.05 Å². The highest BCUT2D eigenvalue weighted by molar-refractivity contribution is 7.16. The van der Waals surface area contributed by atoms with Crippen LogP contribution >= 0.6 is 34.3 Å². The number of rotatable bonds is 4. The van der Waals surface area contributed by atoms with E-state index in [0.29, 0.717) is 4.34 Å². The fourth-order valence-corrected chi connectivity index (χ4v) is 3.90. The smallest absolute Gasteiger partial charge is 0.118 e. The summed E-state index contributed by atoms with van der Waals surface area (Å²) in [6.07, 6.45) is 2.66. The van der Waals surface area contributed by atoms with E-state index in [0.717, 1.165) is 16.4 Å². The maximum Gasteiger partial charge on any atom is 0.118 e. The van der Waals surface area contributed by atoms with Crippen LogP contribution in [0.25, 0.3) is 0 Å². The molecule has 0 aliphatic carbocycles. The predicted molar refractivity (Wildman–Crippen MR) is 74.3 cm³/mol. The van der Waals surface area contributed by atoms with Crippen molar-refractivity contribution in [3.8, 4) is 0 Å². The van der Waals surface area contributed by atoms with Crippen molar-refractivity contribution >= 4 is 34.3 Å². The largest absolute Gasteiger partial charge is 0.305 e. The standard InChI is InChI=1S/C11H14ClN3S2/c1-4-7-6(2)16-11(15-7)9(13-3)10-14-5-8(12)17-10/h5,9,13H,4H2,1-3H3. The summed E-state index contributed by atoms with van der Waals surface area (Å²) in [5.74, 6) is 0. The van der Waals surface area contributed by atoms with Crippen LogP contribution in [0.1, 0.15) is 33.6 Å². The van der Waals surface area contributed by atoms with Crippen LogP contribution in [0.5, 0.6) is 0 Å². The summed E-state index contributed by atoms with van der Waals surface area (Å²) in [6, 6.07) is 0.0523. The first kappa shape index (κ1) is 13.0. The Morgan fingerprint density at radius 1 is 1.41 bits per heavy atom. The van der Waals surface area contributed by atoms with Crippen molar-refractivity contribution in [1.29, 1.82) is 0 Å². The second-order valence-corrected chi connectivity index (χ2v) is 6.56. The zero-order valence-electron chi connectivity index (χ0n) is 9.95. The first-order valence-corrected chi connectivity index (χ1v) is 7.41. The van der Waals surface area contributed by atoms with E-state index in [1.165, 1.54) is 21.9 Å². The van der Waals surface area contributed by atoms with Crippen LogP contribution in [-0.2, 0) is 6.42 Å². The molecule has 0 saturated carbocycles. The quantitative estimate of drug-likeness (QED) is 0.936. The zero-order valence-corrected chi connectivity index (χ0v) is 12.3. The molecule has 0 spiro atoms. The van der Waals surface area contributed by atoms with Gasteiger partial charge in [0.2, 0.25) is 0 Å². The topological polar surface area (TPSA) is 37.8 Å². The van der Waals surface area contributed by atoms with Gasteiger partial charge < -0.3 is 5.32 Å². The molecule has 6 heteroatoms. The highest BCUT2D eigenvalue weighted by Gasteiger charge is 2.20. The van der Waals surface area contributed by atoms with Crippen molar-refractivity contribution in [2.45, 2.75) is 26.3 Å². The van der Waals surface area contributed by atoms with Gasteiger partial charge in [0.15, 0.2) is 0 Å². The Labute approximate surface area is 114 Å². The second kappa shape index (κ2) is 5.44. The Morgan fingerprint density at radius 2 is 2.18 bits per heavy atom. The fourth-order valence-electron chi connectivity index (χ4n) is 1.65. The third-order valence-electron chi connectivity index (χ3n) is 2.52. The lowest BCUT2D eigenvalue weighted by Crippen LogP contribution is -2.17. The van der Waals surface area contributed by atoms with Crippen molar-refractivity contribution in [3.05, 3.63) is 31.1 Å². The molecular weight excluding hydrogens is 274 g/mol. The Morgan fingerprint density at radius 3 is 2.65 bits per heavy atom. The van der Waals surface area contributed by atoms with Gasteiger partial charge in [-0.3, -0.25) is 0 Å². The molecule has 0 aromatic carbocycles. The predicted octanol–water partition coefficient (Wildman–Crippen LogP) is 3.43. The third kappa shape index (κ3) is 2.68. The highest BCUT2D eigenvalue weighted by Crippen LogP contribution is 2.31. The molecule has 0 radical (unpaired) electrons. The number of halogens is 1. The molecule has 0 aliphatic heterocycles. The van der Waals surface area contributed by atoms with Crippen LogP contribution in [0.2, 0.25) is 4.34 Å². The monoisotopic (exact) mass is 287 g/mol. The third-order valence-corrected chi connectivity index (χ3v) is 4.78. The van der Waals surface area contributed by atoms with Gasteiger partial charge in [0.1, 0.15) is 20.4 Å². The normalized spacial score (nSPS) is 12.9. The molecular formula is C11H14ClN3S2. The van der Waals surface area contributed by atoms with Crippen molar-refractivity contribution in [3.63, 3.8) is 0 Å². The van der Waals surface area contributed by atoms with E-state index in [4.69, 9.17) is 11.6 Å². The summed E-state index contributed by atoms with van der Waals surface area (Å²) >= 11 is 9.15. The summed E-state index contributed by atoms with van der Waals surface area (Å²) in [6.45, 7) is 4.24. The van der Waals surface area contributed by atoms with E-state index < -0.39 is 0 Å². The first-order chi connectivity index (χ1) is 8.15. The van der Waals surface area contributed by atoms with Gasteiger partial charge in [-0.05, 0) is 20.4 Å². The average molecular weight is 288 g/mol. The molecule has 0 aliphatic rings. The molecule has 0 fully saturated rings. The molecule has 0 saturated heterocycles. The number of aromatic nitrogens is 2. The van der Waals surface area contributed by atoms with Crippen LogP contribution in [-0.4, -0.2) is 17.0 Å². The van der Waals surface area contributed by atoms with E-state index in [9.17, 15) is 0 Å². The van der Waals surface area contributed by atoms with Gasteiger partial charge in [-0.2, -0.15) is 0 Å². The summed E-state index contributed by atoms with van der Waals surface area (Å²) in [5.41, 5.74) is 1.17. The highest BCUT2D eigenvalue weighted by atomic mass is 35.5. The van der Waals surface area contributed by atoms with Crippen LogP contribution in [0, 0.1) is 6.92 Å². The Balaban J connectivity index is 2.34. The lowest BCUT2D eigenvalue weighted by atomic mass is 10.3. The molecule has 0 bridgehead atoms. The molecule has 3 nitrogen and oxygen atoms in total. The average Bonchev–Trinajstić information content (AvgIpc) is 2.87. The second-order valence-electron chi connectivity index (χ2n) is 3.63. The van der Waals surface area contributed by atoms with E-state index in [2.05, 4.69) is 29.1 Å². The minimum absolute atomic E-state index is 0.0523. The summed E-state index contributed by atoms with van der Waals surface area (Å²) in [7, 11) is 1.92. The molecule has 17 heavy (non-hydrogen) atoms. The number of nitrogens with zero attached hydrogens (tertiary/aromatic N) is 2. The summed E-state index contributed by atoms with van der Waals surface area (Å²) in [4.78, 5) is 10.3. The molecule has 0 amide bonds. The number of hydrogen-bond acceptors (Lipinski definition) is 5. The van der Waals surface area contributed by atoms with Crippen molar-refractivity contribution < 1.29 is 0 Å². The SMILES string of the molecule is CCc1nc(C(NC)c2ncc(Cl)s2)sc1C. The van der Waals surface area contributed by atoms with Gasteiger partial charge >= 0.3 is 0 Å². The van der Waals surface area contributed by atoms with Gasteiger partial charge in [0.25, 0.3) is 0 Å². The lowest BCUT2D eigenvalue weighted by Gasteiger charge is -2.09. The van der Waals surface area contributed by atoms with Gasteiger partial charge in [-0.15, -0.1) is 22.7 Å². The Kier molecular flexibility index (Phi) is 4.14. The molecule has 2 aromatic heterocycles. The molecule has 1 atom stereocenters. The number of aryl methyl sites for hydroxylation is 2. The summed E-state index contributed by atoms with van der Waals surface area (Å²) < 4.78 is 0.712. The first-order valence-electron chi connectivity index (χ1n) is 5.40. The van der Waals surface area contributed by atoms with E-state index in [1.54, 1.807) is 17.5 Å². The van der Waals surface area contributed by atoms with Crippen LogP contribution in [0.3, 0.4) is 0 Å². The molecule has 2 aromatic rings.